The van der Waals surface area contributed by atoms with Gasteiger partial charge in [0, 0.05) is 48.6 Å². The summed E-state index contributed by atoms with van der Waals surface area (Å²) in [7, 11) is 0. The lowest BCUT2D eigenvalue weighted by Crippen LogP contribution is -2.26. The molecular weight excluding hydrogens is 458 g/mol. The molecule has 2 heterocycles. The normalized spacial score (nSPS) is 15.1. The summed E-state index contributed by atoms with van der Waals surface area (Å²) in [4.78, 5) is 24.3. The third-order valence-electron chi connectivity index (χ3n) is 6.06. The Hall–Kier alpha value is -4.33. The number of carbonyl (C=O) groups is 2. The number of hydrogen-bond acceptors (Lipinski definition) is 6. The summed E-state index contributed by atoms with van der Waals surface area (Å²) in [6.45, 7) is 5.58. The van der Waals surface area contributed by atoms with E-state index in [1.54, 1.807) is 18.2 Å². The van der Waals surface area contributed by atoms with Crippen molar-refractivity contribution in [1.29, 1.82) is 0 Å². The first-order valence-corrected chi connectivity index (χ1v) is 11.9. The number of hydrazone groups is 1. The SMILES string of the molecule is CCOc1cccc([C@H]2OC(CCn3c4ccccc4c4ccccc43)=NN2C(C)=O)c1OC(C)=O. The van der Waals surface area contributed by atoms with Gasteiger partial charge in [0.15, 0.2) is 11.5 Å². The second kappa shape index (κ2) is 9.73. The topological polar surface area (TPSA) is 82.4 Å². The van der Waals surface area contributed by atoms with Crippen molar-refractivity contribution in [3.8, 4) is 11.5 Å². The Kier molecular flexibility index (Phi) is 6.33. The van der Waals surface area contributed by atoms with Gasteiger partial charge in [-0.05, 0) is 31.2 Å². The van der Waals surface area contributed by atoms with Crippen LogP contribution in [0.1, 0.15) is 39.0 Å². The molecule has 0 spiro atoms. The number of benzene rings is 3. The predicted octanol–water partition coefficient (Wildman–Crippen LogP) is 5.40. The molecule has 1 amide bonds. The zero-order valence-corrected chi connectivity index (χ0v) is 20.4. The summed E-state index contributed by atoms with van der Waals surface area (Å²) in [5.41, 5.74) is 2.74. The van der Waals surface area contributed by atoms with Gasteiger partial charge in [-0.25, -0.2) is 0 Å². The Labute approximate surface area is 208 Å². The van der Waals surface area contributed by atoms with Crippen LogP contribution in [0.2, 0.25) is 0 Å². The van der Waals surface area contributed by atoms with Crippen LogP contribution in [0, 0.1) is 0 Å². The van der Waals surface area contributed by atoms with Crippen LogP contribution in [-0.4, -0.2) is 34.0 Å². The van der Waals surface area contributed by atoms with Gasteiger partial charge >= 0.3 is 5.97 Å². The Bertz CT molecular complexity index is 1440. The standard InChI is InChI=1S/C28H27N3O5/c1-4-34-25-15-9-12-22(27(25)35-19(3)33)28-31(18(2)32)29-26(36-28)16-17-30-23-13-7-5-10-20(23)21-11-6-8-14-24(21)30/h5-15,28H,4,16-17H2,1-3H3/t28-/m1/s1. The number of fused-ring (bicyclic) bond motifs is 3. The number of amides is 1. The van der Waals surface area contributed by atoms with Crippen molar-refractivity contribution in [2.75, 3.05) is 6.61 Å². The molecule has 36 heavy (non-hydrogen) atoms. The van der Waals surface area contributed by atoms with Crippen LogP contribution in [-0.2, 0) is 20.9 Å². The van der Waals surface area contributed by atoms with Crippen molar-refractivity contribution in [3.63, 3.8) is 0 Å². The monoisotopic (exact) mass is 485 g/mol. The Balaban J connectivity index is 1.45. The maximum atomic E-state index is 12.5. The van der Waals surface area contributed by atoms with E-state index in [4.69, 9.17) is 14.2 Å². The first-order chi connectivity index (χ1) is 17.5. The Morgan fingerprint density at radius 1 is 0.944 bits per heavy atom. The second-order valence-electron chi connectivity index (χ2n) is 8.46. The minimum Gasteiger partial charge on any atom is -0.490 e. The molecule has 0 bridgehead atoms. The van der Waals surface area contributed by atoms with E-state index in [1.165, 1.54) is 29.6 Å². The molecule has 0 saturated carbocycles. The van der Waals surface area contributed by atoms with Gasteiger partial charge in [0.2, 0.25) is 18.0 Å². The molecule has 5 rings (SSSR count). The fourth-order valence-electron chi connectivity index (χ4n) is 4.62. The number of para-hydroxylation sites is 3. The maximum Gasteiger partial charge on any atom is 0.308 e. The molecule has 1 atom stereocenters. The summed E-state index contributed by atoms with van der Waals surface area (Å²) in [6, 6.07) is 21.8. The van der Waals surface area contributed by atoms with Crippen LogP contribution in [0.3, 0.4) is 0 Å². The predicted molar refractivity (Wildman–Crippen MR) is 137 cm³/mol. The Morgan fingerprint density at radius 2 is 1.61 bits per heavy atom. The van der Waals surface area contributed by atoms with Crippen LogP contribution in [0.15, 0.2) is 71.8 Å². The summed E-state index contributed by atoms with van der Waals surface area (Å²) < 4.78 is 19.6. The second-order valence-corrected chi connectivity index (χ2v) is 8.46. The average molecular weight is 486 g/mol. The van der Waals surface area contributed by atoms with Crippen LogP contribution in [0.4, 0.5) is 0 Å². The molecule has 0 radical (unpaired) electrons. The number of aromatic nitrogens is 1. The van der Waals surface area contributed by atoms with Crippen LogP contribution in [0.25, 0.3) is 21.8 Å². The zero-order valence-electron chi connectivity index (χ0n) is 20.4. The summed E-state index contributed by atoms with van der Waals surface area (Å²) in [5.74, 6) is 0.261. The molecule has 1 aliphatic rings. The van der Waals surface area contributed by atoms with Gasteiger partial charge in [0.1, 0.15) is 0 Å². The van der Waals surface area contributed by atoms with E-state index in [9.17, 15) is 9.59 Å². The number of nitrogens with zero attached hydrogens (tertiary/aromatic N) is 3. The van der Waals surface area contributed by atoms with Gasteiger partial charge < -0.3 is 18.8 Å². The molecule has 0 unspecified atom stereocenters. The smallest absolute Gasteiger partial charge is 0.308 e. The van der Waals surface area contributed by atoms with E-state index in [0.717, 1.165) is 11.0 Å². The highest BCUT2D eigenvalue weighted by Gasteiger charge is 2.35. The van der Waals surface area contributed by atoms with Crippen LogP contribution >= 0.6 is 0 Å². The summed E-state index contributed by atoms with van der Waals surface area (Å²) >= 11 is 0. The number of hydrogen-bond donors (Lipinski definition) is 0. The fraction of sp³-hybridized carbons (Fsp3) is 0.250. The zero-order chi connectivity index (χ0) is 25.2. The molecule has 0 N–H and O–H groups in total. The van der Waals surface area contributed by atoms with Crippen LogP contribution in [0.5, 0.6) is 11.5 Å². The molecule has 1 aliphatic heterocycles. The van der Waals surface area contributed by atoms with E-state index in [2.05, 4.69) is 33.9 Å². The van der Waals surface area contributed by atoms with Gasteiger partial charge in [-0.2, -0.15) is 5.01 Å². The van der Waals surface area contributed by atoms with E-state index in [1.807, 2.05) is 31.2 Å². The lowest BCUT2D eigenvalue weighted by molar-refractivity contribution is -0.135. The third kappa shape index (κ3) is 4.26. The van der Waals surface area contributed by atoms with Crippen molar-refractivity contribution in [3.05, 3.63) is 72.3 Å². The molecule has 8 nitrogen and oxygen atoms in total. The van der Waals surface area contributed by atoms with Gasteiger partial charge in [-0.1, -0.05) is 42.5 Å². The molecular formula is C28H27N3O5. The number of carbonyl (C=O) groups excluding carboxylic acids is 2. The first-order valence-electron chi connectivity index (χ1n) is 11.9. The molecule has 1 aromatic heterocycles. The van der Waals surface area contributed by atoms with Crippen molar-refractivity contribution < 1.29 is 23.8 Å². The lowest BCUT2D eigenvalue weighted by Gasteiger charge is -2.22. The van der Waals surface area contributed by atoms with Crippen molar-refractivity contribution in [2.45, 2.75) is 40.0 Å². The molecule has 3 aromatic carbocycles. The summed E-state index contributed by atoms with van der Waals surface area (Å²) in [6.07, 6.45) is -0.401. The van der Waals surface area contributed by atoms with Crippen molar-refractivity contribution in [1.82, 2.24) is 9.58 Å². The van der Waals surface area contributed by atoms with Gasteiger partial charge in [0.05, 0.1) is 12.2 Å². The summed E-state index contributed by atoms with van der Waals surface area (Å²) in [5, 5.41) is 8.13. The van der Waals surface area contributed by atoms with Gasteiger partial charge in [-0.15, -0.1) is 5.10 Å². The van der Waals surface area contributed by atoms with Gasteiger partial charge in [-0.3, -0.25) is 9.59 Å². The molecule has 0 aliphatic carbocycles. The molecule has 8 heteroatoms. The molecule has 0 saturated heterocycles. The third-order valence-corrected chi connectivity index (χ3v) is 6.06. The molecule has 0 fully saturated rings. The number of rotatable bonds is 7. The van der Waals surface area contributed by atoms with Crippen LogP contribution < -0.4 is 9.47 Å². The fourth-order valence-corrected chi connectivity index (χ4v) is 4.62. The quantitative estimate of drug-likeness (QED) is 0.259. The highest BCUT2D eigenvalue weighted by Crippen LogP contribution is 2.40. The Morgan fingerprint density at radius 3 is 2.22 bits per heavy atom. The van der Waals surface area contributed by atoms with E-state index >= 15 is 0 Å². The van der Waals surface area contributed by atoms with E-state index in [0.29, 0.717) is 36.8 Å². The maximum absolute atomic E-state index is 12.5. The highest BCUT2D eigenvalue weighted by molar-refractivity contribution is 6.08. The minimum atomic E-state index is -0.870. The van der Waals surface area contributed by atoms with Crippen molar-refractivity contribution >= 4 is 39.6 Å². The largest absolute Gasteiger partial charge is 0.490 e. The number of esters is 1. The highest BCUT2D eigenvalue weighted by atomic mass is 16.6. The van der Waals surface area contributed by atoms with Gasteiger partial charge in [0.25, 0.3) is 0 Å². The van der Waals surface area contributed by atoms with Crippen molar-refractivity contribution in [2.24, 2.45) is 5.10 Å². The minimum absolute atomic E-state index is 0.224. The molecule has 4 aromatic rings. The lowest BCUT2D eigenvalue weighted by atomic mass is 10.1. The molecule has 184 valence electrons. The number of aryl methyl sites for hydroxylation is 1. The average Bonchev–Trinajstić information content (AvgIpc) is 3.43. The van der Waals surface area contributed by atoms with E-state index < -0.39 is 12.2 Å². The number of ether oxygens (including phenoxy) is 3. The van der Waals surface area contributed by atoms with E-state index in [-0.39, 0.29) is 11.7 Å². The first kappa shape index (κ1) is 23.4.